The average Bonchev–Trinajstić information content (AvgIpc) is 2.83. The van der Waals surface area contributed by atoms with Crippen LogP contribution in [0.4, 0.5) is 0 Å². The predicted octanol–water partition coefficient (Wildman–Crippen LogP) is 2.52. The third-order valence-corrected chi connectivity index (χ3v) is 4.46. The Bertz CT molecular complexity index is 489. The van der Waals surface area contributed by atoms with E-state index in [4.69, 9.17) is 16.3 Å². The second kappa shape index (κ2) is 6.38. The SMILES string of the molecule is N#CC1(NC(=O)CCc2ccc(Cl)s2)CCOCC1. The second-order valence-electron chi connectivity index (χ2n) is 4.56. The lowest BCUT2D eigenvalue weighted by molar-refractivity contribution is -0.123. The molecule has 102 valence electrons. The van der Waals surface area contributed by atoms with Gasteiger partial charge in [0.05, 0.1) is 10.4 Å². The van der Waals surface area contributed by atoms with Crippen molar-refractivity contribution in [2.24, 2.45) is 0 Å². The van der Waals surface area contributed by atoms with Crippen LogP contribution in [0.15, 0.2) is 12.1 Å². The van der Waals surface area contributed by atoms with E-state index in [0.717, 1.165) is 9.21 Å². The van der Waals surface area contributed by atoms with Gasteiger partial charge in [0.2, 0.25) is 5.91 Å². The van der Waals surface area contributed by atoms with E-state index in [1.54, 1.807) is 0 Å². The topological polar surface area (TPSA) is 62.1 Å². The molecule has 0 aliphatic carbocycles. The summed E-state index contributed by atoms with van der Waals surface area (Å²) < 4.78 is 5.95. The Labute approximate surface area is 121 Å². The average molecular weight is 299 g/mol. The van der Waals surface area contributed by atoms with Crippen molar-refractivity contribution >= 4 is 28.8 Å². The molecule has 1 saturated heterocycles. The van der Waals surface area contributed by atoms with E-state index in [0.29, 0.717) is 38.9 Å². The van der Waals surface area contributed by atoms with Crippen molar-refractivity contribution in [2.45, 2.75) is 31.2 Å². The van der Waals surface area contributed by atoms with Crippen molar-refractivity contribution < 1.29 is 9.53 Å². The first-order valence-electron chi connectivity index (χ1n) is 6.18. The summed E-state index contributed by atoms with van der Waals surface area (Å²) in [5, 5.41) is 12.1. The number of hydrogen-bond donors (Lipinski definition) is 1. The molecule has 0 spiro atoms. The molecule has 2 heterocycles. The highest BCUT2D eigenvalue weighted by Crippen LogP contribution is 2.23. The zero-order valence-electron chi connectivity index (χ0n) is 10.4. The first kappa shape index (κ1) is 14.3. The van der Waals surface area contributed by atoms with Gasteiger partial charge in [-0.3, -0.25) is 4.79 Å². The van der Waals surface area contributed by atoms with E-state index in [1.807, 2.05) is 12.1 Å². The molecule has 0 bridgehead atoms. The van der Waals surface area contributed by atoms with E-state index in [9.17, 15) is 10.1 Å². The van der Waals surface area contributed by atoms with Gasteiger partial charge in [0, 0.05) is 37.4 Å². The molecule has 6 heteroatoms. The monoisotopic (exact) mass is 298 g/mol. The van der Waals surface area contributed by atoms with Gasteiger partial charge in [-0.25, -0.2) is 0 Å². The van der Waals surface area contributed by atoms with Gasteiger partial charge >= 0.3 is 0 Å². The molecule has 1 N–H and O–H groups in total. The number of nitriles is 1. The van der Waals surface area contributed by atoms with Crippen molar-refractivity contribution in [1.29, 1.82) is 5.26 Å². The maximum absolute atomic E-state index is 11.9. The van der Waals surface area contributed by atoms with Crippen LogP contribution in [0.5, 0.6) is 0 Å². The van der Waals surface area contributed by atoms with Gasteiger partial charge in [0.1, 0.15) is 5.54 Å². The number of ether oxygens (including phenoxy) is 1. The van der Waals surface area contributed by atoms with Crippen LogP contribution in [0.1, 0.15) is 24.1 Å². The Kier molecular flexibility index (Phi) is 4.81. The third kappa shape index (κ3) is 3.93. The molecule has 0 aromatic carbocycles. The highest BCUT2D eigenvalue weighted by Gasteiger charge is 2.33. The van der Waals surface area contributed by atoms with Crippen molar-refractivity contribution in [3.8, 4) is 6.07 Å². The number of halogens is 1. The summed E-state index contributed by atoms with van der Waals surface area (Å²) in [5.41, 5.74) is -0.748. The van der Waals surface area contributed by atoms with Crippen LogP contribution < -0.4 is 5.32 Å². The Morgan fingerprint density at radius 2 is 2.26 bits per heavy atom. The summed E-state index contributed by atoms with van der Waals surface area (Å²) in [6, 6.07) is 5.97. The quantitative estimate of drug-likeness (QED) is 0.929. The molecule has 0 atom stereocenters. The normalized spacial score (nSPS) is 17.7. The van der Waals surface area contributed by atoms with Crippen LogP contribution in [0.3, 0.4) is 0 Å². The number of nitrogens with one attached hydrogen (secondary N) is 1. The Morgan fingerprint density at radius 1 is 1.53 bits per heavy atom. The van der Waals surface area contributed by atoms with Gasteiger partial charge in [0.15, 0.2) is 0 Å². The van der Waals surface area contributed by atoms with Gasteiger partial charge in [-0.15, -0.1) is 11.3 Å². The number of aryl methyl sites for hydroxylation is 1. The largest absolute Gasteiger partial charge is 0.381 e. The second-order valence-corrected chi connectivity index (χ2v) is 6.36. The molecular formula is C13H15ClN2O2S. The molecular weight excluding hydrogens is 284 g/mol. The fraction of sp³-hybridized carbons (Fsp3) is 0.538. The zero-order chi connectivity index (χ0) is 13.7. The summed E-state index contributed by atoms with van der Waals surface area (Å²) in [5.74, 6) is -0.0898. The highest BCUT2D eigenvalue weighted by atomic mass is 35.5. The van der Waals surface area contributed by atoms with E-state index < -0.39 is 5.54 Å². The summed E-state index contributed by atoms with van der Waals surface area (Å²) in [6.07, 6.45) is 2.14. The third-order valence-electron chi connectivity index (χ3n) is 3.17. The lowest BCUT2D eigenvalue weighted by Crippen LogP contribution is -2.51. The van der Waals surface area contributed by atoms with Gasteiger partial charge in [-0.1, -0.05) is 11.6 Å². The van der Waals surface area contributed by atoms with Gasteiger partial charge < -0.3 is 10.1 Å². The van der Waals surface area contributed by atoms with E-state index >= 15 is 0 Å². The van der Waals surface area contributed by atoms with Crippen LogP contribution in [-0.4, -0.2) is 24.7 Å². The molecule has 4 nitrogen and oxygen atoms in total. The summed E-state index contributed by atoms with van der Waals surface area (Å²) in [7, 11) is 0. The minimum absolute atomic E-state index is 0.0898. The molecule has 0 unspecified atom stereocenters. The number of amides is 1. The van der Waals surface area contributed by atoms with Crippen LogP contribution >= 0.6 is 22.9 Å². The fourth-order valence-corrected chi connectivity index (χ4v) is 3.12. The minimum atomic E-state index is -0.748. The summed E-state index contributed by atoms with van der Waals surface area (Å²) in [6.45, 7) is 1.04. The molecule has 1 aliphatic rings. The van der Waals surface area contributed by atoms with E-state index in [1.165, 1.54) is 11.3 Å². The van der Waals surface area contributed by atoms with Crippen LogP contribution in [0, 0.1) is 11.3 Å². The molecule has 1 aromatic heterocycles. The summed E-state index contributed by atoms with van der Waals surface area (Å²) in [4.78, 5) is 13.0. The first-order chi connectivity index (χ1) is 9.13. The van der Waals surface area contributed by atoms with Crippen LogP contribution in [0.2, 0.25) is 4.34 Å². The van der Waals surface area contributed by atoms with Gasteiger partial charge in [0.25, 0.3) is 0 Å². The van der Waals surface area contributed by atoms with Crippen molar-refractivity contribution in [1.82, 2.24) is 5.32 Å². The smallest absolute Gasteiger partial charge is 0.221 e. The van der Waals surface area contributed by atoms with E-state index in [2.05, 4.69) is 11.4 Å². The number of rotatable bonds is 4. The number of carbonyl (C=O) groups is 1. The Hall–Kier alpha value is -1.09. The fourth-order valence-electron chi connectivity index (χ4n) is 2.04. The zero-order valence-corrected chi connectivity index (χ0v) is 12.0. The Morgan fingerprint density at radius 3 is 2.84 bits per heavy atom. The molecule has 0 radical (unpaired) electrons. The van der Waals surface area contributed by atoms with Crippen molar-refractivity contribution in [2.75, 3.05) is 13.2 Å². The van der Waals surface area contributed by atoms with Crippen LogP contribution in [-0.2, 0) is 16.0 Å². The number of thiophene rings is 1. The van der Waals surface area contributed by atoms with Crippen LogP contribution in [0.25, 0.3) is 0 Å². The number of carbonyl (C=O) groups excluding carboxylic acids is 1. The molecule has 1 aromatic rings. The van der Waals surface area contributed by atoms with Gasteiger partial charge in [-0.05, 0) is 18.6 Å². The molecule has 1 fully saturated rings. The maximum atomic E-state index is 11.9. The Balaban J connectivity index is 1.85. The molecule has 2 rings (SSSR count). The minimum Gasteiger partial charge on any atom is -0.381 e. The predicted molar refractivity (Wildman–Crippen MR) is 74.2 cm³/mol. The molecule has 0 saturated carbocycles. The van der Waals surface area contributed by atoms with Crippen molar-refractivity contribution in [3.05, 3.63) is 21.3 Å². The lowest BCUT2D eigenvalue weighted by Gasteiger charge is -2.31. The van der Waals surface area contributed by atoms with Crippen molar-refractivity contribution in [3.63, 3.8) is 0 Å². The molecule has 19 heavy (non-hydrogen) atoms. The number of hydrogen-bond acceptors (Lipinski definition) is 4. The summed E-state index contributed by atoms with van der Waals surface area (Å²) >= 11 is 7.32. The lowest BCUT2D eigenvalue weighted by atomic mass is 9.91. The standard InChI is InChI=1S/C13H15ClN2O2S/c14-11-3-1-10(19-11)2-4-12(17)16-13(9-15)5-7-18-8-6-13/h1,3H,2,4-8H2,(H,16,17). The first-order valence-corrected chi connectivity index (χ1v) is 7.37. The highest BCUT2D eigenvalue weighted by molar-refractivity contribution is 7.16. The number of nitrogens with zero attached hydrogens (tertiary/aromatic N) is 1. The molecule has 1 aliphatic heterocycles. The van der Waals surface area contributed by atoms with Gasteiger partial charge in [-0.2, -0.15) is 5.26 Å². The van der Waals surface area contributed by atoms with E-state index in [-0.39, 0.29) is 5.91 Å². The molecule has 1 amide bonds. The maximum Gasteiger partial charge on any atom is 0.221 e.